The number of hydrogen-bond acceptors (Lipinski definition) is 4. The number of unbranched alkanes of at least 4 members (excludes halogenated alkanes) is 2. The van der Waals surface area contributed by atoms with Crippen molar-refractivity contribution in [2.45, 2.75) is 71.1 Å². The molecule has 5 nitrogen and oxygen atoms in total. The molecule has 1 aliphatic heterocycles. The highest BCUT2D eigenvalue weighted by Gasteiger charge is 2.37. The molecule has 6 heteroatoms. The molecule has 1 aliphatic rings. The molecule has 0 spiro atoms. The lowest BCUT2D eigenvalue weighted by atomic mass is 9.97. The molecule has 1 atom stereocenters. The first kappa shape index (κ1) is 21.7. The van der Waals surface area contributed by atoms with Crippen LogP contribution in [0.4, 0.5) is 11.4 Å². The smallest absolute Gasteiger partial charge is 0.286 e. The number of para-hydroxylation sites is 2. The van der Waals surface area contributed by atoms with Gasteiger partial charge in [0.15, 0.2) is 16.9 Å². The van der Waals surface area contributed by atoms with Gasteiger partial charge in [0.2, 0.25) is 0 Å². The van der Waals surface area contributed by atoms with Gasteiger partial charge in [0.1, 0.15) is 0 Å². The van der Waals surface area contributed by atoms with E-state index in [2.05, 4.69) is 19.9 Å². The van der Waals surface area contributed by atoms with Crippen LogP contribution in [0.25, 0.3) is 0 Å². The van der Waals surface area contributed by atoms with Gasteiger partial charge in [-0.1, -0.05) is 51.8 Å². The van der Waals surface area contributed by atoms with E-state index in [1.165, 1.54) is 5.56 Å². The van der Waals surface area contributed by atoms with Crippen LogP contribution in [0, 0.1) is 0 Å². The molecule has 0 aliphatic carbocycles. The Morgan fingerprint density at radius 2 is 1.69 bits per heavy atom. The number of rotatable bonds is 9. The molecule has 0 saturated heterocycles. The van der Waals surface area contributed by atoms with Crippen LogP contribution in [0.3, 0.4) is 0 Å². The number of ether oxygens (including phenoxy) is 1. The highest BCUT2D eigenvalue weighted by Crippen LogP contribution is 2.51. The van der Waals surface area contributed by atoms with Crippen molar-refractivity contribution in [1.29, 1.82) is 0 Å². The Bertz CT molecular complexity index is 955. The van der Waals surface area contributed by atoms with E-state index in [4.69, 9.17) is 4.74 Å². The Balaban J connectivity index is 2.22. The maximum absolute atomic E-state index is 12.3. The minimum Gasteiger partial charge on any atom is -0.453 e. The first-order valence-electron chi connectivity index (χ1n) is 10.6. The highest BCUT2D eigenvalue weighted by atomic mass is 32.2. The van der Waals surface area contributed by atoms with Gasteiger partial charge in [-0.3, -0.25) is 4.55 Å². The normalized spacial score (nSPS) is 14.1. The largest absolute Gasteiger partial charge is 0.453 e. The number of aryl methyl sites for hydroxylation is 2. The van der Waals surface area contributed by atoms with Gasteiger partial charge in [0.25, 0.3) is 10.1 Å². The van der Waals surface area contributed by atoms with Gasteiger partial charge >= 0.3 is 0 Å². The number of benzene rings is 2. The predicted molar refractivity (Wildman–Crippen MR) is 118 cm³/mol. The van der Waals surface area contributed by atoms with Crippen LogP contribution in [0.2, 0.25) is 0 Å². The fourth-order valence-corrected chi connectivity index (χ4v) is 4.88. The predicted octanol–water partition coefficient (Wildman–Crippen LogP) is 6.24. The summed E-state index contributed by atoms with van der Waals surface area (Å²) in [5, 5.41) is -1.06. The molecule has 0 fully saturated rings. The van der Waals surface area contributed by atoms with Gasteiger partial charge in [-0.15, -0.1) is 0 Å². The summed E-state index contributed by atoms with van der Waals surface area (Å²) in [6.45, 7) is 6.09. The number of fused-ring (bicyclic) bond motifs is 2. The third kappa shape index (κ3) is 4.59. The molecule has 0 radical (unpaired) electrons. The minimum absolute atomic E-state index is 0.261. The van der Waals surface area contributed by atoms with E-state index in [1.54, 1.807) is 11.8 Å². The van der Waals surface area contributed by atoms with Crippen molar-refractivity contribution >= 4 is 21.5 Å². The van der Waals surface area contributed by atoms with Crippen molar-refractivity contribution in [1.82, 2.24) is 0 Å². The average Bonchev–Trinajstić information content (AvgIpc) is 2.69. The van der Waals surface area contributed by atoms with E-state index >= 15 is 0 Å². The SMILES string of the molecule is CCCCc1cc(CCCC)c2c(c1)Oc1ccccc1N2C(CC)S(=O)(=O)O. The monoisotopic (exact) mass is 417 g/mol. The van der Waals surface area contributed by atoms with Crippen molar-refractivity contribution in [3.8, 4) is 11.5 Å². The van der Waals surface area contributed by atoms with E-state index in [0.29, 0.717) is 17.2 Å². The lowest BCUT2D eigenvalue weighted by Crippen LogP contribution is -2.39. The maximum atomic E-state index is 12.3. The van der Waals surface area contributed by atoms with Crippen molar-refractivity contribution in [2.75, 3.05) is 4.90 Å². The van der Waals surface area contributed by atoms with Gasteiger partial charge in [0.05, 0.1) is 11.4 Å². The summed E-state index contributed by atoms with van der Waals surface area (Å²) in [4.78, 5) is 1.76. The molecule has 1 heterocycles. The summed E-state index contributed by atoms with van der Waals surface area (Å²) in [6, 6.07) is 11.6. The van der Waals surface area contributed by atoms with E-state index in [1.807, 2.05) is 30.3 Å². The van der Waals surface area contributed by atoms with Crippen molar-refractivity contribution < 1.29 is 17.7 Å². The molecule has 0 aromatic heterocycles. The Labute approximate surface area is 174 Å². The fourth-order valence-electron chi connectivity index (χ4n) is 3.97. The topological polar surface area (TPSA) is 66.8 Å². The first-order chi connectivity index (χ1) is 13.9. The molecule has 1 N–H and O–H groups in total. The minimum atomic E-state index is -4.29. The Morgan fingerprint density at radius 3 is 2.34 bits per heavy atom. The van der Waals surface area contributed by atoms with Crippen molar-refractivity contribution in [3.63, 3.8) is 0 Å². The third-order valence-corrected chi connectivity index (χ3v) is 6.63. The van der Waals surface area contributed by atoms with Crippen LogP contribution < -0.4 is 9.64 Å². The summed E-state index contributed by atoms with van der Waals surface area (Å²) < 4.78 is 40.8. The number of anilines is 2. The van der Waals surface area contributed by atoms with E-state index in [-0.39, 0.29) is 6.42 Å². The molecular weight excluding hydrogens is 386 g/mol. The summed E-state index contributed by atoms with van der Waals surface area (Å²) in [5.74, 6) is 1.28. The molecule has 2 aromatic carbocycles. The summed E-state index contributed by atoms with van der Waals surface area (Å²) >= 11 is 0. The van der Waals surface area contributed by atoms with Gasteiger partial charge in [-0.25, -0.2) is 0 Å². The maximum Gasteiger partial charge on any atom is 0.286 e. The van der Waals surface area contributed by atoms with Crippen LogP contribution in [0.15, 0.2) is 36.4 Å². The van der Waals surface area contributed by atoms with Gasteiger partial charge in [0, 0.05) is 0 Å². The quantitative estimate of drug-likeness (QED) is 0.489. The number of nitrogens with zero attached hydrogens (tertiary/aromatic N) is 1. The Kier molecular flexibility index (Phi) is 6.85. The van der Waals surface area contributed by atoms with Crippen LogP contribution in [0.5, 0.6) is 11.5 Å². The molecule has 0 saturated carbocycles. The van der Waals surface area contributed by atoms with E-state index < -0.39 is 15.5 Å². The molecule has 0 amide bonds. The van der Waals surface area contributed by atoms with Crippen molar-refractivity contribution in [2.24, 2.45) is 0 Å². The van der Waals surface area contributed by atoms with Gasteiger partial charge in [-0.2, -0.15) is 8.42 Å². The van der Waals surface area contributed by atoms with E-state index in [9.17, 15) is 13.0 Å². The Morgan fingerprint density at radius 1 is 1.00 bits per heavy atom. The van der Waals surface area contributed by atoms with Crippen LogP contribution >= 0.6 is 0 Å². The van der Waals surface area contributed by atoms with Gasteiger partial charge in [-0.05, 0) is 61.4 Å². The van der Waals surface area contributed by atoms with Crippen LogP contribution in [-0.4, -0.2) is 18.3 Å². The molecule has 1 unspecified atom stereocenters. The lowest BCUT2D eigenvalue weighted by Gasteiger charge is -2.38. The first-order valence-corrected chi connectivity index (χ1v) is 12.1. The Hall–Kier alpha value is -2.05. The third-order valence-electron chi connectivity index (χ3n) is 5.40. The summed E-state index contributed by atoms with van der Waals surface area (Å²) in [5.41, 5.74) is 3.72. The second-order valence-electron chi connectivity index (χ2n) is 7.63. The zero-order valence-corrected chi connectivity index (χ0v) is 18.3. The second kappa shape index (κ2) is 9.18. The van der Waals surface area contributed by atoms with Crippen LogP contribution in [-0.2, 0) is 23.0 Å². The molecular formula is C23H31NO4S. The molecule has 0 bridgehead atoms. The lowest BCUT2D eigenvalue weighted by molar-refractivity contribution is 0.450. The van der Waals surface area contributed by atoms with Gasteiger partial charge < -0.3 is 9.64 Å². The molecule has 2 aromatic rings. The summed E-state index contributed by atoms with van der Waals surface area (Å²) in [6.07, 6.45) is 6.30. The zero-order valence-electron chi connectivity index (χ0n) is 17.5. The van der Waals surface area contributed by atoms with E-state index in [0.717, 1.165) is 49.8 Å². The van der Waals surface area contributed by atoms with Crippen molar-refractivity contribution in [3.05, 3.63) is 47.5 Å². The molecule has 29 heavy (non-hydrogen) atoms. The standard InChI is InChI=1S/C23H31NO4S/c1-4-7-11-17-15-18(12-8-5-2)23-21(16-17)28-20-14-10-9-13-19(20)24(23)22(6-3)29(25,26)27/h9-10,13-16,22H,4-8,11-12H2,1-3H3,(H,25,26,27). The zero-order chi connectivity index (χ0) is 21.0. The summed E-state index contributed by atoms with van der Waals surface area (Å²) in [7, 11) is -4.29. The fraction of sp³-hybridized carbons (Fsp3) is 0.478. The molecule has 3 rings (SSSR count). The number of hydrogen-bond donors (Lipinski definition) is 1. The van der Waals surface area contributed by atoms with Crippen LogP contribution in [0.1, 0.15) is 64.0 Å². The average molecular weight is 418 g/mol. The highest BCUT2D eigenvalue weighted by molar-refractivity contribution is 7.86. The second-order valence-corrected chi connectivity index (χ2v) is 9.20. The molecule has 158 valence electrons.